The van der Waals surface area contributed by atoms with Crippen LogP contribution in [-0.4, -0.2) is 33.4 Å². The maximum Gasteiger partial charge on any atom is 0.282 e. The summed E-state index contributed by atoms with van der Waals surface area (Å²) >= 11 is 6.63. The highest BCUT2D eigenvalue weighted by Gasteiger charge is 2.25. The summed E-state index contributed by atoms with van der Waals surface area (Å²) in [4.78, 5) is 11.7. The van der Waals surface area contributed by atoms with Gasteiger partial charge in [0.05, 0.1) is 12.1 Å². The number of aliphatic hydroxyl groups excluding tert-OH is 1. The molecule has 1 aliphatic carbocycles. The quantitative estimate of drug-likeness (QED) is 0.840. The molecular weight excluding hydrogens is 250 g/mol. The minimum Gasteiger partial charge on any atom is -0.391 e. The molecule has 0 aliphatic heterocycles. The lowest BCUT2D eigenvalue weighted by molar-refractivity contribution is 0.0716. The number of hydrogen-bond acceptors (Lipinski definition) is 5. The first kappa shape index (κ1) is 11.8. The van der Waals surface area contributed by atoms with Gasteiger partial charge in [-0.3, -0.25) is 4.79 Å². The van der Waals surface area contributed by atoms with Crippen molar-refractivity contribution in [2.24, 2.45) is 0 Å². The van der Waals surface area contributed by atoms with Crippen LogP contribution in [0.3, 0.4) is 0 Å². The van der Waals surface area contributed by atoms with Gasteiger partial charge in [-0.2, -0.15) is 0 Å². The molecular formula is C9H12ClN3O2S. The Labute approximate surface area is 102 Å². The van der Waals surface area contributed by atoms with Gasteiger partial charge in [-0.1, -0.05) is 24.2 Å². The molecule has 0 radical (unpaired) electrons. The van der Waals surface area contributed by atoms with Gasteiger partial charge in [-0.15, -0.1) is 10.2 Å². The van der Waals surface area contributed by atoms with Gasteiger partial charge in [-0.05, 0) is 24.4 Å². The van der Waals surface area contributed by atoms with Crippen molar-refractivity contribution >= 4 is 28.8 Å². The number of carbonyl (C=O) groups is 1. The maximum absolute atomic E-state index is 11.7. The summed E-state index contributed by atoms with van der Waals surface area (Å²) in [6.07, 6.45) is 3.12. The molecule has 2 rings (SSSR count). The van der Waals surface area contributed by atoms with Crippen molar-refractivity contribution in [3.63, 3.8) is 0 Å². The average Bonchev–Trinajstić information content (AvgIpc) is 2.68. The van der Waals surface area contributed by atoms with Crippen molar-refractivity contribution in [2.75, 3.05) is 0 Å². The molecule has 1 amide bonds. The van der Waals surface area contributed by atoms with E-state index < -0.39 is 6.10 Å². The fraction of sp³-hybridized carbons (Fsp3) is 0.667. The Morgan fingerprint density at radius 1 is 1.44 bits per heavy atom. The van der Waals surface area contributed by atoms with E-state index in [1.54, 1.807) is 0 Å². The molecule has 2 atom stereocenters. The van der Waals surface area contributed by atoms with Crippen LogP contribution < -0.4 is 5.32 Å². The van der Waals surface area contributed by atoms with Crippen LogP contribution in [0.5, 0.6) is 0 Å². The van der Waals surface area contributed by atoms with Crippen LogP contribution in [0.25, 0.3) is 0 Å². The lowest BCUT2D eigenvalue weighted by Crippen LogP contribution is -2.45. The van der Waals surface area contributed by atoms with E-state index in [0.29, 0.717) is 0 Å². The summed E-state index contributed by atoms with van der Waals surface area (Å²) in [7, 11) is 0. The second-order valence-corrected chi connectivity index (χ2v) is 5.35. The van der Waals surface area contributed by atoms with E-state index in [9.17, 15) is 9.90 Å². The first-order valence-corrected chi connectivity index (χ1v) is 6.34. The number of hydrogen-bond donors (Lipinski definition) is 2. The van der Waals surface area contributed by atoms with Gasteiger partial charge in [0, 0.05) is 0 Å². The van der Waals surface area contributed by atoms with Crippen molar-refractivity contribution in [3.05, 3.63) is 9.47 Å². The largest absolute Gasteiger partial charge is 0.391 e. The van der Waals surface area contributed by atoms with E-state index in [-0.39, 0.29) is 21.4 Å². The number of aliphatic hydroxyl groups is 1. The number of amides is 1. The minimum atomic E-state index is -0.457. The zero-order chi connectivity index (χ0) is 11.5. The molecule has 7 heteroatoms. The highest BCUT2D eigenvalue weighted by Crippen LogP contribution is 2.20. The summed E-state index contributed by atoms with van der Waals surface area (Å²) in [5.41, 5.74) is 0. The Hall–Kier alpha value is -0.720. The Morgan fingerprint density at radius 3 is 2.81 bits per heavy atom. The minimum absolute atomic E-state index is 0.177. The van der Waals surface area contributed by atoms with Crippen LogP contribution in [0.1, 0.15) is 35.5 Å². The Bertz CT molecular complexity index is 385. The number of aromatic nitrogens is 2. The van der Waals surface area contributed by atoms with Crippen LogP contribution in [0.2, 0.25) is 4.47 Å². The summed E-state index contributed by atoms with van der Waals surface area (Å²) < 4.78 is 0.245. The van der Waals surface area contributed by atoms with Crippen LogP contribution in [0.15, 0.2) is 0 Å². The summed E-state index contributed by atoms with van der Waals surface area (Å²) in [5, 5.41) is 19.9. The molecule has 2 N–H and O–H groups in total. The van der Waals surface area contributed by atoms with Gasteiger partial charge in [0.15, 0.2) is 0 Å². The fourth-order valence-electron chi connectivity index (χ4n) is 1.81. The molecule has 1 aliphatic rings. The normalized spacial score (nSPS) is 25.4. The first-order valence-electron chi connectivity index (χ1n) is 5.15. The molecule has 16 heavy (non-hydrogen) atoms. The molecule has 0 saturated heterocycles. The number of carbonyl (C=O) groups excluding carboxylic acids is 1. The molecule has 5 nitrogen and oxygen atoms in total. The predicted octanol–water partition coefficient (Wildman–Crippen LogP) is 1.22. The van der Waals surface area contributed by atoms with Crippen LogP contribution >= 0.6 is 22.9 Å². The third kappa shape index (κ3) is 2.69. The molecule has 1 saturated carbocycles. The van der Waals surface area contributed by atoms with E-state index >= 15 is 0 Å². The Kier molecular flexibility index (Phi) is 3.73. The van der Waals surface area contributed by atoms with Gasteiger partial charge in [0.2, 0.25) is 9.47 Å². The monoisotopic (exact) mass is 261 g/mol. The Balaban J connectivity index is 1.96. The topological polar surface area (TPSA) is 75.1 Å². The molecule has 1 aromatic rings. The second kappa shape index (κ2) is 5.07. The SMILES string of the molecule is O=C(NC1CCCCC1O)c1nnc(Cl)s1. The van der Waals surface area contributed by atoms with E-state index in [1.165, 1.54) is 0 Å². The molecule has 0 spiro atoms. The van der Waals surface area contributed by atoms with E-state index in [0.717, 1.165) is 37.0 Å². The lowest BCUT2D eigenvalue weighted by atomic mass is 9.92. The van der Waals surface area contributed by atoms with Crippen LogP contribution in [0, 0.1) is 0 Å². The Morgan fingerprint density at radius 2 is 2.19 bits per heavy atom. The number of nitrogens with zero attached hydrogens (tertiary/aromatic N) is 2. The van der Waals surface area contributed by atoms with Crippen LogP contribution in [0.4, 0.5) is 0 Å². The van der Waals surface area contributed by atoms with Crippen molar-refractivity contribution in [1.82, 2.24) is 15.5 Å². The highest BCUT2D eigenvalue weighted by atomic mass is 35.5. The molecule has 0 aromatic carbocycles. The van der Waals surface area contributed by atoms with Gasteiger partial charge in [-0.25, -0.2) is 0 Å². The van der Waals surface area contributed by atoms with Gasteiger partial charge >= 0.3 is 0 Å². The third-order valence-electron chi connectivity index (χ3n) is 2.64. The van der Waals surface area contributed by atoms with Gasteiger partial charge in [0.1, 0.15) is 0 Å². The van der Waals surface area contributed by atoms with Crippen molar-refractivity contribution in [3.8, 4) is 0 Å². The number of halogens is 1. The second-order valence-electron chi connectivity index (χ2n) is 3.79. The smallest absolute Gasteiger partial charge is 0.282 e. The molecule has 2 unspecified atom stereocenters. The van der Waals surface area contributed by atoms with Gasteiger partial charge in [0.25, 0.3) is 5.91 Å². The highest BCUT2D eigenvalue weighted by molar-refractivity contribution is 7.17. The van der Waals surface area contributed by atoms with E-state index in [1.807, 2.05) is 0 Å². The fourth-order valence-corrected chi connectivity index (χ4v) is 2.54. The standard InChI is InChI=1S/C9H12ClN3O2S/c10-9-13-12-8(16-9)7(15)11-5-3-1-2-4-6(5)14/h5-6,14H,1-4H2,(H,11,15). The lowest BCUT2D eigenvalue weighted by Gasteiger charge is -2.27. The van der Waals surface area contributed by atoms with E-state index in [4.69, 9.17) is 11.6 Å². The summed E-state index contributed by atoms with van der Waals surface area (Å²) in [6, 6.07) is -0.177. The number of rotatable bonds is 2. The summed E-state index contributed by atoms with van der Waals surface area (Å²) in [5.74, 6) is -0.310. The molecule has 1 aromatic heterocycles. The van der Waals surface area contributed by atoms with Crippen molar-refractivity contribution in [1.29, 1.82) is 0 Å². The molecule has 88 valence electrons. The number of nitrogens with one attached hydrogen (secondary N) is 1. The zero-order valence-corrected chi connectivity index (χ0v) is 10.1. The van der Waals surface area contributed by atoms with E-state index in [2.05, 4.69) is 15.5 Å². The first-order chi connectivity index (χ1) is 7.66. The maximum atomic E-state index is 11.7. The van der Waals surface area contributed by atoms with Crippen LogP contribution in [-0.2, 0) is 0 Å². The average molecular weight is 262 g/mol. The third-order valence-corrected chi connectivity index (χ3v) is 3.66. The van der Waals surface area contributed by atoms with Crippen molar-refractivity contribution in [2.45, 2.75) is 37.8 Å². The van der Waals surface area contributed by atoms with Crippen molar-refractivity contribution < 1.29 is 9.90 Å². The molecule has 0 bridgehead atoms. The molecule has 1 fully saturated rings. The predicted molar refractivity (Wildman–Crippen MR) is 60.6 cm³/mol. The van der Waals surface area contributed by atoms with Gasteiger partial charge < -0.3 is 10.4 Å². The molecule has 1 heterocycles. The summed E-state index contributed by atoms with van der Waals surface area (Å²) in [6.45, 7) is 0. The zero-order valence-electron chi connectivity index (χ0n) is 8.52.